The van der Waals surface area contributed by atoms with Crippen molar-refractivity contribution in [2.24, 2.45) is 0 Å². The number of thioether (sulfide) groups is 1. The van der Waals surface area contributed by atoms with Crippen molar-refractivity contribution in [3.05, 3.63) is 30.5 Å². The molecule has 2 aromatic rings. The maximum atomic E-state index is 6.14. The Hall–Kier alpha value is -1.42. The molecular formula is C14H17N3S. The summed E-state index contributed by atoms with van der Waals surface area (Å²) in [7, 11) is 2.15. The first-order valence-corrected chi connectivity index (χ1v) is 7.36. The molecular weight excluding hydrogens is 242 g/mol. The van der Waals surface area contributed by atoms with Crippen LogP contribution in [0.1, 0.15) is 6.42 Å². The van der Waals surface area contributed by atoms with Crippen LogP contribution >= 0.6 is 11.8 Å². The first-order valence-electron chi connectivity index (χ1n) is 6.21. The molecule has 0 aliphatic carbocycles. The largest absolute Gasteiger partial charge is 0.396 e. The lowest BCUT2D eigenvalue weighted by Crippen LogP contribution is -2.32. The summed E-state index contributed by atoms with van der Waals surface area (Å²) in [6.45, 7) is 0. The van der Waals surface area contributed by atoms with Gasteiger partial charge in [-0.3, -0.25) is 4.98 Å². The van der Waals surface area contributed by atoms with Crippen LogP contribution in [0.2, 0.25) is 0 Å². The van der Waals surface area contributed by atoms with Gasteiger partial charge in [-0.25, -0.2) is 0 Å². The van der Waals surface area contributed by atoms with Crippen LogP contribution in [0.15, 0.2) is 30.5 Å². The molecule has 0 saturated carbocycles. The number of hydrogen-bond acceptors (Lipinski definition) is 4. The molecule has 1 fully saturated rings. The van der Waals surface area contributed by atoms with E-state index >= 15 is 0 Å². The molecule has 1 aliphatic heterocycles. The zero-order valence-corrected chi connectivity index (χ0v) is 11.3. The number of benzene rings is 1. The third kappa shape index (κ3) is 1.90. The Labute approximate surface area is 111 Å². The maximum Gasteiger partial charge on any atom is 0.0745 e. The Kier molecular flexibility index (Phi) is 3.04. The molecule has 0 spiro atoms. The average molecular weight is 259 g/mol. The average Bonchev–Trinajstić information content (AvgIpc) is 2.92. The molecule has 2 N–H and O–H groups in total. The van der Waals surface area contributed by atoms with Gasteiger partial charge in [-0.1, -0.05) is 18.2 Å². The topological polar surface area (TPSA) is 42.1 Å². The Balaban J connectivity index is 2.11. The lowest BCUT2D eigenvalue weighted by atomic mass is 10.1. The van der Waals surface area contributed by atoms with Crippen LogP contribution in [0.3, 0.4) is 0 Å². The lowest BCUT2D eigenvalue weighted by molar-refractivity contribution is 0.702. The zero-order valence-electron chi connectivity index (χ0n) is 10.5. The molecule has 0 bridgehead atoms. The second-order valence-corrected chi connectivity index (χ2v) is 5.86. The lowest BCUT2D eigenvalue weighted by Gasteiger charge is -2.28. The van der Waals surface area contributed by atoms with Gasteiger partial charge in [0, 0.05) is 24.2 Å². The highest BCUT2D eigenvalue weighted by Crippen LogP contribution is 2.34. The van der Waals surface area contributed by atoms with Gasteiger partial charge >= 0.3 is 0 Å². The number of pyridine rings is 1. The van der Waals surface area contributed by atoms with Crippen LogP contribution in [0.4, 0.5) is 11.4 Å². The van der Waals surface area contributed by atoms with Gasteiger partial charge in [0.25, 0.3) is 0 Å². The summed E-state index contributed by atoms with van der Waals surface area (Å²) in [6.07, 6.45) is 3.01. The minimum absolute atomic E-state index is 0.586. The number of nitrogens with zero attached hydrogens (tertiary/aromatic N) is 2. The SMILES string of the molecule is CN(c1c(N)cnc2ccccc12)C1CCSC1. The van der Waals surface area contributed by atoms with E-state index in [-0.39, 0.29) is 0 Å². The Morgan fingerprint density at radius 1 is 1.39 bits per heavy atom. The van der Waals surface area contributed by atoms with E-state index in [1.807, 2.05) is 30.0 Å². The summed E-state index contributed by atoms with van der Waals surface area (Å²) >= 11 is 2.02. The number of hydrogen-bond donors (Lipinski definition) is 1. The number of rotatable bonds is 2. The number of fused-ring (bicyclic) bond motifs is 1. The predicted octanol–water partition coefficient (Wildman–Crippen LogP) is 2.76. The van der Waals surface area contributed by atoms with E-state index in [0.717, 1.165) is 22.3 Å². The first-order chi connectivity index (χ1) is 8.77. The van der Waals surface area contributed by atoms with Gasteiger partial charge in [-0.05, 0) is 18.2 Å². The molecule has 1 aliphatic rings. The van der Waals surface area contributed by atoms with E-state index in [9.17, 15) is 0 Å². The van der Waals surface area contributed by atoms with Crippen molar-refractivity contribution in [1.29, 1.82) is 0 Å². The molecule has 4 heteroatoms. The van der Waals surface area contributed by atoms with Gasteiger partial charge in [-0.2, -0.15) is 11.8 Å². The van der Waals surface area contributed by atoms with Crippen molar-refractivity contribution in [2.75, 3.05) is 29.2 Å². The molecule has 3 nitrogen and oxygen atoms in total. The molecule has 1 saturated heterocycles. The van der Waals surface area contributed by atoms with Gasteiger partial charge in [0.15, 0.2) is 0 Å². The van der Waals surface area contributed by atoms with Crippen molar-refractivity contribution in [3.8, 4) is 0 Å². The summed E-state index contributed by atoms with van der Waals surface area (Å²) in [6, 6.07) is 8.79. The second-order valence-electron chi connectivity index (χ2n) is 4.71. The van der Waals surface area contributed by atoms with Gasteiger partial charge in [-0.15, -0.1) is 0 Å². The fraction of sp³-hybridized carbons (Fsp3) is 0.357. The van der Waals surface area contributed by atoms with Crippen LogP contribution in [0.25, 0.3) is 10.9 Å². The van der Waals surface area contributed by atoms with Gasteiger partial charge < -0.3 is 10.6 Å². The van der Waals surface area contributed by atoms with Crippen LogP contribution < -0.4 is 10.6 Å². The van der Waals surface area contributed by atoms with Crippen molar-refractivity contribution < 1.29 is 0 Å². The Morgan fingerprint density at radius 2 is 2.22 bits per heavy atom. The number of aromatic nitrogens is 1. The molecule has 18 heavy (non-hydrogen) atoms. The highest BCUT2D eigenvalue weighted by molar-refractivity contribution is 7.99. The van der Waals surface area contributed by atoms with Crippen LogP contribution in [0, 0.1) is 0 Å². The Morgan fingerprint density at radius 3 is 3.00 bits per heavy atom. The van der Waals surface area contributed by atoms with Gasteiger partial charge in [0.2, 0.25) is 0 Å². The standard InChI is InChI=1S/C14H17N3S/c1-17(10-6-7-18-9-10)14-11-4-2-3-5-13(11)16-8-12(14)15/h2-5,8,10H,6-7,9,15H2,1H3. The van der Waals surface area contributed by atoms with Crippen LogP contribution in [-0.4, -0.2) is 29.6 Å². The van der Waals surface area contributed by atoms with Crippen molar-refractivity contribution in [1.82, 2.24) is 4.98 Å². The van der Waals surface area contributed by atoms with E-state index in [4.69, 9.17) is 5.73 Å². The highest BCUT2D eigenvalue weighted by atomic mass is 32.2. The summed E-state index contributed by atoms with van der Waals surface area (Å²) in [5.41, 5.74) is 9.06. The third-order valence-electron chi connectivity index (χ3n) is 3.58. The summed E-state index contributed by atoms with van der Waals surface area (Å²) < 4.78 is 0. The van der Waals surface area contributed by atoms with Crippen LogP contribution in [0.5, 0.6) is 0 Å². The van der Waals surface area contributed by atoms with E-state index < -0.39 is 0 Å². The minimum atomic E-state index is 0.586. The fourth-order valence-corrected chi connectivity index (χ4v) is 3.81. The molecule has 1 unspecified atom stereocenters. The predicted molar refractivity (Wildman–Crippen MR) is 80.3 cm³/mol. The van der Waals surface area contributed by atoms with Crippen molar-refractivity contribution in [3.63, 3.8) is 0 Å². The van der Waals surface area contributed by atoms with Gasteiger partial charge in [0.05, 0.1) is 23.1 Å². The quantitative estimate of drug-likeness (QED) is 0.900. The Bertz CT molecular complexity index is 564. The third-order valence-corrected chi connectivity index (χ3v) is 4.73. The summed E-state index contributed by atoms with van der Waals surface area (Å²) in [4.78, 5) is 6.73. The molecule has 1 atom stereocenters. The molecule has 94 valence electrons. The van der Waals surface area contributed by atoms with E-state index in [1.54, 1.807) is 6.20 Å². The number of nitrogen functional groups attached to an aromatic ring is 1. The minimum Gasteiger partial charge on any atom is -0.396 e. The molecule has 0 amide bonds. The van der Waals surface area contributed by atoms with Crippen LogP contribution in [-0.2, 0) is 0 Å². The first kappa shape index (κ1) is 11.7. The normalized spacial score (nSPS) is 19.3. The second kappa shape index (κ2) is 4.69. The molecule has 3 rings (SSSR count). The van der Waals surface area contributed by atoms with E-state index in [2.05, 4.69) is 23.0 Å². The van der Waals surface area contributed by atoms with E-state index in [1.165, 1.54) is 17.9 Å². The number of nitrogens with two attached hydrogens (primary N) is 1. The fourth-order valence-electron chi connectivity index (χ4n) is 2.55. The number of anilines is 2. The van der Waals surface area contributed by atoms with E-state index in [0.29, 0.717) is 6.04 Å². The highest BCUT2D eigenvalue weighted by Gasteiger charge is 2.23. The smallest absolute Gasteiger partial charge is 0.0745 e. The molecule has 2 heterocycles. The van der Waals surface area contributed by atoms with Crippen molar-refractivity contribution in [2.45, 2.75) is 12.5 Å². The molecule has 0 radical (unpaired) electrons. The number of para-hydroxylation sites is 1. The summed E-state index contributed by atoms with van der Waals surface area (Å²) in [5.74, 6) is 2.44. The molecule has 1 aromatic carbocycles. The molecule has 1 aromatic heterocycles. The monoisotopic (exact) mass is 259 g/mol. The maximum absolute atomic E-state index is 6.14. The van der Waals surface area contributed by atoms with Crippen molar-refractivity contribution >= 4 is 34.0 Å². The summed E-state index contributed by atoms with van der Waals surface area (Å²) in [5, 5.41) is 1.15. The van der Waals surface area contributed by atoms with Gasteiger partial charge in [0.1, 0.15) is 0 Å². The zero-order chi connectivity index (χ0) is 12.5.